The fourth-order valence-corrected chi connectivity index (χ4v) is 4.56. The zero-order valence-corrected chi connectivity index (χ0v) is 18.6. The van der Waals surface area contributed by atoms with Crippen LogP contribution < -0.4 is 5.73 Å². The molecule has 0 aromatic heterocycles. The lowest BCUT2D eigenvalue weighted by Gasteiger charge is -2.37. The van der Waals surface area contributed by atoms with Crippen LogP contribution >= 0.6 is 15.9 Å². The number of hydrogen-bond acceptors (Lipinski definition) is 3. The minimum Gasteiger partial charge on any atom is -0.375 e. The second kappa shape index (κ2) is 9.73. The number of fused-ring (bicyclic) bond motifs is 1. The molecule has 1 aliphatic rings. The molecule has 30 heavy (non-hydrogen) atoms. The first-order valence-electron chi connectivity index (χ1n) is 10.4. The Kier molecular flexibility index (Phi) is 6.82. The van der Waals surface area contributed by atoms with Crippen LogP contribution in [0.2, 0.25) is 0 Å². The molecule has 156 valence electrons. The molecule has 0 bridgehead atoms. The second-order valence-corrected chi connectivity index (χ2v) is 8.85. The molecule has 3 aromatic carbocycles. The van der Waals surface area contributed by atoms with E-state index in [-0.39, 0.29) is 17.9 Å². The Morgan fingerprint density at radius 2 is 1.73 bits per heavy atom. The van der Waals surface area contributed by atoms with Crippen molar-refractivity contribution in [1.82, 2.24) is 4.90 Å². The van der Waals surface area contributed by atoms with Gasteiger partial charge in [-0.25, -0.2) is 0 Å². The van der Waals surface area contributed by atoms with E-state index in [1.165, 1.54) is 16.3 Å². The molecule has 4 rings (SSSR count). The van der Waals surface area contributed by atoms with E-state index in [1.54, 1.807) is 0 Å². The van der Waals surface area contributed by atoms with Crippen LogP contribution in [0.25, 0.3) is 10.8 Å². The summed E-state index contributed by atoms with van der Waals surface area (Å²) in [5.41, 5.74) is 7.98. The van der Waals surface area contributed by atoms with Gasteiger partial charge in [0.25, 0.3) is 0 Å². The molecule has 1 saturated heterocycles. The number of primary amides is 1. The van der Waals surface area contributed by atoms with Gasteiger partial charge in [0.15, 0.2) is 0 Å². The smallest absolute Gasteiger partial charge is 0.220 e. The molecular formula is C25H27BrN2O2. The van der Waals surface area contributed by atoms with Crippen LogP contribution in [-0.4, -0.2) is 30.5 Å². The van der Waals surface area contributed by atoms with Gasteiger partial charge in [-0.15, -0.1) is 0 Å². The first-order valence-corrected chi connectivity index (χ1v) is 11.2. The molecule has 0 saturated carbocycles. The minimum atomic E-state index is -0.178. The van der Waals surface area contributed by atoms with Crippen LogP contribution in [0, 0.1) is 5.92 Å². The molecular weight excluding hydrogens is 440 g/mol. The SMILES string of the molecule is NC(=O)C1CCN(C(COCc2ccc(Br)cc2)c2cccc3ccccc23)CC1. The third-order valence-electron chi connectivity index (χ3n) is 6.01. The van der Waals surface area contributed by atoms with Crippen molar-refractivity contribution in [3.05, 3.63) is 82.3 Å². The van der Waals surface area contributed by atoms with E-state index in [2.05, 4.69) is 75.4 Å². The lowest BCUT2D eigenvalue weighted by molar-refractivity contribution is -0.123. The first kappa shape index (κ1) is 21.0. The molecule has 2 N–H and O–H groups in total. The topological polar surface area (TPSA) is 55.6 Å². The third kappa shape index (κ3) is 4.91. The van der Waals surface area contributed by atoms with Gasteiger partial charge in [0, 0.05) is 10.4 Å². The first-order chi connectivity index (χ1) is 14.6. The molecule has 1 atom stereocenters. The largest absolute Gasteiger partial charge is 0.375 e. The fraction of sp³-hybridized carbons (Fsp3) is 0.320. The molecule has 1 fully saturated rings. The lowest BCUT2D eigenvalue weighted by Crippen LogP contribution is -2.41. The number of carbonyl (C=O) groups is 1. The van der Waals surface area contributed by atoms with Gasteiger partial charge in [-0.05, 0) is 60.0 Å². The van der Waals surface area contributed by atoms with Gasteiger partial charge in [-0.2, -0.15) is 0 Å². The molecule has 4 nitrogen and oxygen atoms in total. The summed E-state index contributed by atoms with van der Waals surface area (Å²) < 4.78 is 7.27. The highest BCUT2D eigenvalue weighted by molar-refractivity contribution is 9.10. The molecule has 0 aliphatic carbocycles. The number of likely N-dealkylation sites (tertiary alicyclic amines) is 1. The maximum absolute atomic E-state index is 11.6. The number of hydrogen-bond donors (Lipinski definition) is 1. The Morgan fingerprint density at radius 1 is 1.03 bits per heavy atom. The van der Waals surface area contributed by atoms with Crippen molar-refractivity contribution in [2.75, 3.05) is 19.7 Å². The van der Waals surface area contributed by atoms with E-state index < -0.39 is 0 Å². The summed E-state index contributed by atoms with van der Waals surface area (Å²) in [7, 11) is 0. The third-order valence-corrected chi connectivity index (χ3v) is 6.54. The van der Waals surface area contributed by atoms with Gasteiger partial charge in [0.05, 0.1) is 19.3 Å². The monoisotopic (exact) mass is 466 g/mol. The minimum absolute atomic E-state index is 0.0156. The van der Waals surface area contributed by atoms with E-state index in [9.17, 15) is 4.79 Å². The molecule has 1 unspecified atom stereocenters. The van der Waals surface area contributed by atoms with Crippen molar-refractivity contribution < 1.29 is 9.53 Å². The Hall–Kier alpha value is -2.21. The molecule has 1 heterocycles. The van der Waals surface area contributed by atoms with Crippen molar-refractivity contribution in [3.8, 4) is 0 Å². The van der Waals surface area contributed by atoms with Crippen molar-refractivity contribution in [2.24, 2.45) is 11.7 Å². The zero-order chi connectivity index (χ0) is 20.9. The average Bonchev–Trinajstić information content (AvgIpc) is 2.78. The van der Waals surface area contributed by atoms with Crippen LogP contribution in [-0.2, 0) is 16.1 Å². The molecule has 1 amide bonds. The number of ether oxygens (including phenoxy) is 1. The number of benzene rings is 3. The Balaban J connectivity index is 1.55. The highest BCUT2D eigenvalue weighted by Crippen LogP contribution is 2.32. The van der Waals surface area contributed by atoms with Gasteiger partial charge in [0.2, 0.25) is 5.91 Å². The maximum Gasteiger partial charge on any atom is 0.220 e. The lowest BCUT2D eigenvalue weighted by atomic mass is 9.92. The summed E-state index contributed by atoms with van der Waals surface area (Å²) in [5.74, 6) is -0.194. The highest BCUT2D eigenvalue weighted by Gasteiger charge is 2.29. The van der Waals surface area contributed by atoms with Crippen molar-refractivity contribution in [3.63, 3.8) is 0 Å². The van der Waals surface area contributed by atoms with Gasteiger partial charge in [-0.1, -0.05) is 70.5 Å². The van der Waals surface area contributed by atoms with Gasteiger partial charge < -0.3 is 10.5 Å². The van der Waals surface area contributed by atoms with Crippen LogP contribution in [0.3, 0.4) is 0 Å². The predicted octanol–water partition coefficient (Wildman–Crippen LogP) is 5.06. The van der Waals surface area contributed by atoms with Gasteiger partial charge in [-0.3, -0.25) is 9.69 Å². The van der Waals surface area contributed by atoms with Gasteiger partial charge in [0.1, 0.15) is 0 Å². The normalized spacial score (nSPS) is 16.6. The number of amides is 1. The summed E-state index contributed by atoms with van der Waals surface area (Å²) in [6, 6.07) is 23.3. The number of nitrogens with zero attached hydrogens (tertiary/aromatic N) is 1. The van der Waals surface area contributed by atoms with E-state index in [0.29, 0.717) is 13.2 Å². The maximum atomic E-state index is 11.6. The van der Waals surface area contributed by atoms with Crippen LogP contribution in [0.15, 0.2) is 71.2 Å². The van der Waals surface area contributed by atoms with E-state index in [1.807, 2.05) is 12.1 Å². The van der Waals surface area contributed by atoms with E-state index in [4.69, 9.17) is 10.5 Å². The number of halogens is 1. The summed E-state index contributed by atoms with van der Waals surface area (Å²) in [5, 5.41) is 2.49. The summed E-state index contributed by atoms with van der Waals surface area (Å²) in [6.07, 6.45) is 1.62. The Labute approximate surface area is 186 Å². The molecule has 0 radical (unpaired) electrons. The average molecular weight is 467 g/mol. The molecule has 0 spiro atoms. The Bertz CT molecular complexity index is 992. The summed E-state index contributed by atoms with van der Waals surface area (Å²) in [6.45, 7) is 2.88. The number of rotatable bonds is 7. The quantitative estimate of drug-likeness (QED) is 0.529. The van der Waals surface area contributed by atoms with Crippen LogP contribution in [0.1, 0.15) is 30.0 Å². The zero-order valence-electron chi connectivity index (χ0n) is 17.0. The fourth-order valence-electron chi connectivity index (χ4n) is 4.30. The summed E-state index contributed by atoms with van der Waals surface area (Å²) in [4.78, 5) is 14.1. The highest BCUT2D eigenvalue weighted by atomic mass is 79.9. The number of nitrogens with two attached hydrogens (primary N) is 1. The van der Waals surface area contributed by atoms with Crippen molar-refractivity contribution >= 4 is 32.6 Å². The van der Waals surface area contributed by atoms with E-state index >= 15 is 0 Å². The van der Waals surface area contributed by atoms with Crippen molar-refractivity contribution in [1.29, 1.82) is 0 Å². The predicted molar refractivity (Wildman–Crippen MR) is 124 cm³/mol. The second-order valence-electron chi connectivity index (χ2n) is 7.94. The number of carbonyl (C=O) groups excluding carboxylic acids is 1. The standard InChI is InChI=1S/C25H27BrN2O2/c26-21-10-8-18(9-11-21)16-30-17-24(28-14-12-20(13-15-28)25(27)29)23-7-3-5-19-4-1-2-6-22(19)23/h1-11,20,24H,12-17H2,(H2,27,29). The molecule has 1 aliphatic heterocycles. The molecule has 5 heteroatoms. The van der Waals surface area contributed by atoms with Crippen molar-refractivity contribution in [2.45, 2.75) is 25.5 Å². The van der Waals surface area contributed by atoms with Crippen LogP contribution in [0.5, 0.6) is 0 Å². The Morgan fingerprint density at radius 3 is 2.47 bits per heavy atom. The summed E-state index contributed by atoms with van der Waals surface area (Å²) >= 11 is 3.48. The molecule has 3 aromatic rings. The van der Waals surface area contributed by atoms with Gasteiger partial charge >= 0.3 is 0 Å². The number of piperidine rings is 1. The van der Waals surface area contributed by atoms with E-state index in [0.717, 1.165) is 36.0 Å². The van der Waals surface area contributed by atoms with Crippen LogP contribution in [0.4, 0.5) is 0 Å².